The van der Waals surface area contributed by atoms with Gasteiger partial charge in [0.05, 0.1) is 14.1 Å². The fourth-order valence-electron chi connectivity index (χ4n) is 1.29. The van der Waals surface area contributed by atoms with Crippen molar-refractivity contribution in [3.63, 3.8) is 0 Å². The van der Waals surface area contributed by atoms with E-state index in [1.807, 2.05) is 51.4 Å². The number of quaternary nitrogens is 1. The van der Waals surface area contributed by atoms with Crippen molar-refractivity contribution in [1.29, 1.82) is 0 Å². The van der Waals surface area contributed by atoms with Crippen molar-refractivity contribution in [2.75, 3.05) is 14.1 Å². The Hall–Kier alpha value is -0.170. The third-order valence-corrected chi connectivity index (χ3v) is 2.65. The third-order valence-electron chi connectivity index (χ3n) is 2.65. The maximum absolute atomic E-state index is 10.0. The van der Waals surface area contributed by atoms with Gasteiger partial charge in [-0.05, 0) is 12.5 Å². The number of benzene rings is 1. The quantitative estimate of drug-likeness (QED) is 0.295. The molecule has 15 heavy (non-hydrogen) atoms. The van der Waals surface area contributed by atoms with Gasteiger partial charge in [0.25, 0.3) is 0 Å². The fourth-order valence-corrected chi connectivity index (χ4v) is 1.29. The molecule has 0 saturated carbocycles. The Morgan fingerprint density at radius 2 is 1.67 bits per heavy atom. The van der Waals surface area contributed by atoms with Crippen molar-refractivity contribution in [3.8, 4) is 0 Å². The zero-order valence-corrected chi connectivity index (χ0v) is 11.5. The van der Waals surface area contributed by atoms with E-state index in [1.165, 1.54) is 0 Å². The lowest BCUT2D eigenvalue weighted by atomic mass is 10.0. The monoisotopic (exact) mass is 322 g/mol. The minimum Gasteiger partial charge on any atom is -1.00 e. The first-order valence-electron chi connectivity index (χ1n) is 4.78. The molecule has 3 nitrogen and oxygen atoms in total. The highest BCUT2D eigenvalue weighted by Gasteiger charge is 2.28. The van der Waals surface area contributed by atoms with Gasteiger partial charge < -0.3 is 29.1 Å². The molecule has 2 atom stereocenters. The molecule has 0 heterocycles. The molecule has 0 aromatic heterocycles. The molecule has 1 aromatic rings. The maximum atomic E-state index is 10.0. The molecule has 0 bridgehead atoms. The third kappa shape index (κ3) is 4.06. The van der Waals surface area contributed by atoms with E-state index in [4.69, 9.17) is 5.84 Å². The van der Waals surface area contributed by atoms with Crippen molar-refractivity contribution < 1.29 is 33.7 Å². The minimum absolute atomic E-state index is 0. The molecule has 1 aromatic carbocycles. The molecule has 0 unspecified atom stereocenters. The number of aliphatic hydroxyl groups excluding tert-OH is 1. The number of aliphatic hydroxyl groups is 1. The van der Waals surface area contributed by atoms with Gasteiger partial charge in [0.2, 0.25) is 0 Å². The van der Waals surface area contributed by atoms with E-state index >= 15 is 0 Å². The summed E-state index contributed by atoms with van der Waals surface area (Å²) in [5, 5.41) is 10.0. The molecule has 0 aliphatic rings. The van der Waals surface area contributed by atoms with Crippen LogP contribution >= 0.6 is 0 Å². The van der Waals surface area contributed by atoms with Crippen molar-refractivity contribution >= 4 is 0 Å². The summed E-state index contributed by atoms with van der Waals surface area (Å²) in [5.74, 6) is 5.89. The normalized spacial score (nSPS) is 15.3. The lowest BCUT2D eigenvalue weighted by Crippen LogP contribution is -3.00. The number of hydrogen-bond acceptors (Lipinski definition) is 2. The first kappa shape index (κ1) is 14.8. The van der Waals surface area contributed by atoms with Crippen molar-refractivity contribution in [1.82, 2.24) is 0 Å². The highest BCUT2D eigenvalue weighted by molar-refractivity contribution is 5.17. The van der Waals surface area contributed by atoms with Crippen LogP contribution in [0.5, 0.6) is 0 Å². The van der Waals surface area contributed by atoms with Gasteiger partial charge in [-0.3, -0.25) is 0 Å². The summed E-state index contributed by atoms with van der Waals surface area (Å²) in [6.45, 7) is 1.94. The molecule has 3 N–H and O–H groups in total. The second kappa shape index (κ2) is 5.79. The van der Waals surface area contributed by atoms with Gasteiger partial charge >= 0.3 is 0 Å². The Morgan fingerprint density at radius 1 is 1.20 bits per heavy atom. The number of nitrogens with zero attached hydrogens (tertiary/aromatic N) is 1. The van der Waals surface area contributed by atoms with Crippen LogP contribution in [-0.2, 0) is 0 Å². The number of halogens is 1. The molecule has 0 amide bonds. The summed E-state index contributed by atoms with van der Waals surface area (Å²) in [6, 6.07) is 9.57. The Bertz CT molecular complexity index is 284. The Labute approximate surface area is 108 Å². The standard InChI is InChI=1S/C11H19N2O.HI/c1-9(13(2,3)12)11(14)10-7-5-4-6-8-10;/h4-9,11,14H,12H2,1-3H3;1H/q+1;/p-1/t9-,11-;/m1./s1. The molecule has 0 saturated heterocycles. The highest BCUT2D eigenvalue weighted by atomic mass is 127. The molecule has 4 heteroatoms. The molecule has 0 aliphatic heterocycles. The summed E-state index contributed by atoms with van der Waals surface area (Å²) in [4.78, 5) is 0. The van der Waals surface area contributed by atoms with Crippen LogP contribution in [0.3, 0.4) is 0 Å². The zero-order chi connectivity index (χ0) is 10.8. The van der Waals surface area contributed by atoms with Crippen LogP contribution in [0.1, 0.15) is 18.6 Å². The average Bonchev–Trinajstić information content (AvgIpc) is 2.15. The lowest BCUT2D eigenvalue weighted by Gasteiger charge is -2.33. The largest absolute Gasteiger partial charge is 1.00 e. The first-order valence-corrected chi connectivity index (χ1v) is 4.78. The van der Waals surface area contributed by atoms with Crippen LogP contribution in [0, 0.1) is 0 Å². The zero-order valence-electron chi connectivity index (χ0n) is 9.39. The number of hydrogen-bond donors (Lipinski definition) is 2. The summed E-state index contributed by atoms with van der Waals surface area (Å²) in [7, 11) is 3.74. The van der Waals surface area contributed by atoms with Gasteiger partial charge in [-0.1, -0.05) is 30.3 Å². The fraction of sp³-hybridized carbons (Fsp3) is 0.455. The summed E-state index contributed by atoms with van der Waals surface area (Å²) >= 11 is 0. The molecule has 1 rings (SSSR count). The van der Waals surface area contributed by atoms with Crippen LogP contribution in [-0.4, -0.2) is 29.8 Å². The van der Waals surface area contributed by atoms with E-state index in [-0.39, 0.29) is 34.6 Å². The number of nitrogens with two attached hydrogens (primary N) is 1. The molecule has 0 spiro atoms. The smallest absolute Gasteiger partial charge is 0.133 e. The number of likely N-dealkylation sites (N-methyl/N-ethyl adjacent to an activating group) is 1. The van der Waals surface area contributed by atoms with E-state index in [1.54, 1.807) is 0 Å². The van der Waals surface area contributed by atoms with Crippen molar-refractivity contribution in [2.45, 2.75) is 19.1 Å². The Morgan fingerprint density at radius 3 is 2.07 bits per heavy atom. The van der Waals surface area contributed by atoms with Gasteiger partial charge in [-0.15, -0.1) is 0 Å². The molecule has 86 valence electrons. The second-order valence-electron chi connectivity index (χ2n) is 4.23. The summed E-state index contributed by atoms with van der Waals surface area (Å²) < 4.78 is 0.260. The highest BCUT2D eigenvalue weighted by Crippen LogP contribution is 2.20. The predicted octanol–water partition coefficient (Wildman–Crippen LogP) is -1.94. The topological polar surface area (TPSA) is 46.2 Å². The van der Waals surface area contributed by atoms with E-state index in [9.17, 15) is 5.11 Å². The van der Waals surface area contributed by atoms with Crippen LogP contribution in [0.15, 0.2) is 30.3 Å². The average molecular weight is 322 g/mol. The number of rotatable bonds is 3. The van der Waals surface area contributed by atoms with E-state index in [2.05, 4.69) is 0 Å². The molecular formula is C11H19IN2O. The van der Waals surface area contributed by atoms with Gasteiger partial charge in [0.1, 0.15) is 12.1 Å². The maximum Gasteiger partial charge on any atom is 0.133 e. The second-order valence-corrected chi connectivity index (χ2v) is 4.23. The SMILES string of the molecule is C[C@H]([C@@H](O)c1ccccc1)[N+](C)(C)N.[I-]. The molecule has 0 fully saturated rings. The van der Waals surface area contributed by atoms with Gasteiger partial charge in [-0.25, -0.2) is 4.59 Å². The van der Waals surface area contributed by atoms with Gasteiger partial charge in [0.15, 0.2) is 0 Å². The van der Waals surface area contributed by atoms with E-state index in [0.29, 0.717) is 0 Å². The van der Waals surface area contributed by atoms with Crippen molar-refractivity contribution in [2.24, 2.45) is 5.84 Å². The van der Waals surface area contributed by atoms with Crippen LogP contribution in [0.2, 0.25) is 0 Å². The molecule has 0 aliphatic carbocycles. The van der Waals surface area contributed by atoms with Gasteiger partial charge in [-0.2, -0.15) is 5.84 Å². The first-order chi connectivity index (χ1) is 6.43. The summed E-state index contributed by atoms with van der Waals surface area (Å²) in [6.07, 6.45) is -0.517. The lowest BCUT2D eigenvalue weighted by molar-refractivity contribution is -0.929. The van der Waals surface area contributed by atoms with Crippen molar-refractivity contribution in [3.05, 3.63) is 35.9 Å². The van der Waals surface area contributed by atoms with Crippen LogP contribution in [0.4, 0.5) is 0 Å². The minimum atomic E-state index is -0.517. The Balaban J connectivity index is 0.00000196. The molecule has 0 radical (unpaired) electrons. The van der Waals surface area contributed by atoms with E-state index in [0.717, 1.165) is 5.56 Å². The van der Waals surface area contributed by atoms with Crippen LogP contribution in [0.25, 0.3) is 0 Å². The van der Waals surface area contributed by atoms with Crippen LogP contribution < -0.4 is 29.8 Å². The predicted molar refractivity (Wildman–Crippen MR) is 57.2 cm³/mol. The van der Waals surface area contributed by atoms with Gasteiger partial charge in [0, 0.05) is 0 Å². The summed E-state index contributed by atoms with van der Waals surface area (Å²) in [5.41, 5.74) is 0.914. The molecular weight excluding hydrogens is 303 g/mol. The van der Waals surface area contributed by atoms with E-state index < -0.39 is 6.10 Å². The Kier molecular flexibility index (Phi) is 5.72.